The molecule has 0 atom stereocenters. The molecule has 0 radical (unpaired) electrons. The van der Waals surface area contributed by atoms with E-state index in [1.54, 1.807) is 0 Å². The summed E-state index contributed by atoms with van der Waals surface area (Å²) < 4.78 is 6.33. The maximum Gasteiger partial charge on any atom is 0.328 e. The van der Waals surface area contributed by atoms with E-state index >= 15 is 0 Å². The molecule has 186 valence electrons. The van der Waals surface area contributed by atoms with Crippen LogP contribution in [0, 0.1) is 0 Å². The first-order valence-electron chi connectivity index (χ1n) is 11.5. The van der Waals surface area contributed by atoms with E-state index in [4.69, 9.17) is 20.1 Å². The Morgan fingerprint density at radius 1 is 0.771 bits per heavy atom. The molecule has 1 heterocycles. The van der Waals surface area contributed by atoms with Crippen molar-refractivity contribution in [2.24, 2.45) is 0 Å². The number of hydrogen-bond donors (Lipinski definition) is 3. The first kappa shape index (κ1) is 26.1. The van der Waals surface area contributed by atoms with Gasteiger partial charge in [0.2, 0.25) is 0 Å². The van der Waals surface area contributed by atoms with E-state index in [2.05, 4.69) is 58.3 Å². The standard InChI is InChI=1S/C22H26N2O3.C4H4O4/c25-21(26)9-10-23-11-13-24(14-12-23)15-16-27-22-19-7-3-1-5-17(19)18-6-2-4-8-20(18)22;5-3(6)1-2-4(7)8/h1-8,22H,9-16H2,(H,25,26);1-2H,(H,5,6)(H,7,8)/b;2-1-. The summed E-state index contributed by atoms with van der Waals surface area (Å²) in [6.07, 6.45) is 1.36. The van der Waals surface area contributed by atoms with Crippen LogP contribution in [0.1, 0.15) is 23.7 Å². The molecule has 0 saturated carbocycles. The lowest BCUT2D eigenvalue weighted by Crippen LogP contribution is -2.47. The smallest absolute Gasteiger partial charge is 0.328 e. The van der Waals surface area contributed by atoms with Crippen molar-refractivity contribution in [3.05, 3.63) is 71.8 Å². The van der Waals surface area contributed by atoms with Gasteiger partial charge in [0, 0.05) is 51.4 Å². The van der Waals surface area contributed by atoms with Crippen LogP contribution in [0.4, 0.5) is 0 Å². The number of carboxylic acids is 3. The normalized spacial score (nSPS) is 15.8. The van der Waals surface area contributed by atoms with Gasteiger partial charge in [-0.05, 0) is 22.3 Å². The molecule has 2 aromatic carbocycles. The zero-order chi connectivity index (χ0) is 25.2. The molecule has 9 nitrogen and oxygen atoms in total. The minimum Gasteiger partial charge on any atom is -0.481 e. The van der Waals surface area contributed by atoms with E-state index in [1.807, 2.05) is 0 Å². The van der Waals surface area contributed by atoms with Crippen LogP contribution in [0.3, 0.4) is 0 Å². The van der Waals surface area contributed by atoms with Gasteiger partial charge in [-0.25, -0.2) is 9.59 Å². The molecule has 0 spiro atoms. The lowest BCUT2D eigenvalue weighted by atomic mass is 10.1. The Bertz CT molecular complexity index is 1000. The van der Waals surface area contributed by atoms with Crippen molar-refractivity contribution in [1.82, 2.24) is 9.80 Å². The van der Waals surface area contributed by atoms with Gasteiger partial charge in [-0.2, -0.15) is 0 Å². The van der Waals surface area contributed by atoms with Gasteiger partial charge >= 0.3 is 17.9 Å². The number of ether oxygens (including phenoxy) is 1. The third-order valence-corrected chi connectivity index (χ3v) is 5.94. The molecule has 0 unspecified atom stereocenters. The number of carbonyl (C=O) groups is 3. The lowest BCUT2D eigenvalue weighted by molar-refractivity contribution is -0.137. The first-order chi connectivity index (χ1) is 16.8. The summed E-state index contributed by atoms with van der Waals surface area (Å²) in [5.41, 5.74) is 5.09. The number of benzene rings is 2. The van der Waals surface area contributed by atoms with Gasteiger partial charge in [0.15, 0.2) is 0 Å². The summed E-state index contributed by atoms with van der Waals surface area (Å²) in [4.78, 5) is 34.4. The lowest BCUT2D eigenvalue weighted by Gasteiger charge is -2.34. The van der Waals surface area contributed by atoms with Crippen LogP contribution in [0.25, 0.3) is 11.1 Å². The summed E-state index contributed by atoms with van der Waals surface area (Å²) in [5, 5.41) is 24.4. The molecular weight excluding hydrogens is 452 g/mol. The topological polar surface area (TPSA) is 128 Å². The quantitative estimate of drug-likeness (QED) is 0.462. The fourth-order valence-electron chi connectivity index (χ4n) is 4.22. The van der Waals surface area contributed by atoms with Gasteiger partial charge < -0.3 is 25.0 Å². The Balaban J connectivity index is 0.000000371. The second-order valence-corrected chi connectivity index (χ2v) is 8.26. The Kier molecular flexibility index (Phi) is 9.54. The summed E-state index contributed by atoms with van der Waals surface area (Å²) in [5.74, 6) is -3.23. The van der Waals surface area contributed by atoms with Crippen LogP contribution in [0.5, 0.6) is 0 Å². The number of aliphatic carboxylic acids is 3. The highest BCUT2D eigenvalue weighted by atomic mass is 16.5. The van der Waals surface area contributed by atoms with Gasteiger partial charge in [-0.15, -0.1) is 0 Å². The molecule has 1 aliphatic heterocycles. The predicted octanol–water partition coefficient (Wildman–Crippen LogP) is 2.58. The van der Waals surface area contributed by atoms with Crippen LogP contribution < -0.4 is 0 Å². The van der Waals surface area contributed by atoms with Gasteiger partial charge in [0.05, 0.1) is 13.0 Å². The van der Waals surface area contributed by atoms with Crippen molar-refractivity contribution in [2.75, 3.05) is 45.9 Å². The minimum absolute atomic E-state index is 0.0225. The minimum atomic E-state index is -1.26. The highest BCUT2D eigenvalue weighted by Crippen LogP contribution is 2.44. The van der Waals surface area contributed by atoms with Gasteiger partial charge in [-0.3, -0.25) is 9.69 Å². The monoisotopic (exact) mass is 482 g/mol. The summed E-state index contributed by atoms with van der Waals surface area (Å²) >= 11 is 0. The highest BCUT2D eigenvalue weighted by molar-refractivity contribution is 5.89. The molecule has 3 N–H and O–H groups in total. The summed E-state index contributed by atoms with van der Waals surface area (Å²) in [7, 11) is 0. The van der Waals surface area contributed by atoms with Gasteiger partial charge in [0.1, 0.15) is 6.10 Å². The zero-order valence-electron chi connectivity index (χ0n) is 19.4. The highest BCUT2D eigenvalue weighted by Gasteiger charge is 2.28. The average Bonchev–Trinajstić information content (AvgIpc) is 3.16. The van der Waals surface area contributed by atoms with Crippen molar-refractivity contribution >= 4 is 17.9 Å². The molecule has 9 heteroatoms. The molecule has 0 bridgehead atoms. The Hall–Kier alpha value is -3.53. The fourth-order valence-corrected chi connectivity index (χ4v) is 4.22. The molecule has 2 aromatic rings. The average molecular weight is 483 g/mol. The summed E-state index contributed by atoms with van der Waals surface area (Å²) in [6, 6.07) is 17.0. The van der Waals surface area contributed by atoms with Crippen LogP contribution >= 0.6 is 0 Å². The Morgan fingerprint density at radius 3 is 1.69 bits per heavy atom. The van der Waals surface area contributed by atoms with Gasteiger partial charge in [0.25, 0.3) is 0 Å². The molecule has 1 saturated heterocycles. The van der Waals surface area contributed by atoms with E-state index in [0.29, 0.717) is 25.3 Å². The van der Waals surface area contributed by atoms with Crippen LogP contribution in [0.2, 0.25) is 0 Å². The molecule has 35 heavy (non-hydrogen) atoms. The summed E-state index contributed by atoms with van der Waals surface area (Å²) in [6.45, 7) is 6.07. The van der Waals surface area contributed by atoms with Crippen molar-refractivity contribution in [2.45, 2.75) is 12.5 Å². The number of rotatable bonds is 9. The van der Waals surface area contributed by atoms with E-state index in [1.165, 1.54) is 22.3 Å². The van der Waals surface area contributed by atoms with Crippen LogP contribution in [-0.2, 0) is 19.1 Å². The third-order valence-electron chi connectivity index (χ3n) is 5.94. The predicted molar refractivity (Wildman–Crippen MR) is 129 cm³/mol. The van der Waals surface area contributed by atoms with Gasteiger partial charge in [-0.1, -0.05) is 48.5 Å². The largest absolute Gasteiger partial charge is 0.481 e. The SMILES string of the molecule is O=C(O)/C=C\C(=O)O.O=C(O)CCN1CCN(CCOC2c3ccccc3-c3ccccc32)CC1. The van der Waals surface area contributed by atoms with Crippen molar-refractivity contribution in [3.8, 4) is 11.1 Å². The molecule has 1 aliphatic carbocycles. The number of piperazine rings is 1. The van der Waals surface area contributed by atoms with Crippen molar-refractivity contribution in [3.63, 3.8) is 0 Å². The second kappa shape index (κ2) is 12.8. The van der Waals surface area contributed by atoms with Crippen molar-refractivity contribution in [1.29, 1.82) is 0 Å². The van der Waals surface area contributed by atoms with E-state index < -0.39 is 17.9 Å². The van der Waals surface area contributed by atoms with E-state index in [0.717, 1.165) is 32.7 Å². The number of carboxylic acid groups (broad SMARTS) is 3. The maximum absolute atomic E-state index is 10.7. The number of nitrogens with zero attached hydrogens (tertiary/aromatic N) is 2. The first-order valence-corrected chi connectivity index (χ1v) is 11.5. The molecule has 0 aromatic heterocycles. The number of hydrogen-bond acceptors (Lipinski definition) is 6. The van der Waals surface area contributed by atoms with E-state index in [-0.39, 0.29) is 12.5 Å². The van der Waals surface area contributed by atoms with Crippen molar-refractivity contribution < 1.29 is 34.4 Å². The second-order valence-electron chi connectivity index (χ2n) is 8.26. The number of fused-ring (bicyclic) bond motifs is 3. The fraction of sp³-hybridized carbons (Fsp3) is 0.346. The molecule has 1 fully saturated rings. The van der Waals surface area contributed by atoms with E-state index in [9.17, 15) is 14.4 Å². The molecule has 2 aliphatic rings. The Morgan fingerprint density at radius 2 is 1.23 bits per heavy atom. The van der Waals surface area contributed by atoms with Crippen LogP contribution in [-0.4, -0.2) is 88.9 Å². The zero-order valence-corrected chi connectivity index (χ0v) is 19.4. The molecule has 4 rings (SSSR count). The third kappa shape index (κ3) is 7.74. The Labute approximate surface area is 203 Å². The molecular formula is C26H30N2O7. The maximum atomic E-state index is 10.7. The molecule has 0 amide bonds. The van der Waals surface area contributed by atoms with Crippen LogP contribution in [0.15, 0.2) is 60.7 Å².